The molecule has 0 aliphatic heterocycles. The maximum atomic E-state index is 11.2. The van der Waals surface area contributed by atoms with E-state index < -0.39 is 0 Å². The van der Waals surface area contributed by atoms with E-state index in [0.717, 1.165) is 30.2 Å². The molecular weight excluding hydrogens is 210 g/mol. The molecule has 96 valence electrons. The van der Waals surface area contributed by atoms with Crippen LogP contribution in [-0.2, 0) is 4.79 Å². The fourth-order valence-electron chi connectivity index (χ4n) is 3.40. The Morgan fingerprint density at radius 2 is 2.18 bits per heavy atom. The van der Waals surface area contributed by atoms with Gasteiger partial charge < -0.3 is 4.90 Å². The van der Waals surface area contributed by atoms with Crippen LogP contribution < -0.4 is 0 Å². The number of carbonyl (C=O) groups excluding carboxylic acids is 1. The van der Waals surface area contributed by atoms with Gasteiger partial charge in [0.25, 0.3) is 0 Å². The van der Waals surface area contributed by atoms with Crippen LogP contribution in [-0.4, -0.2) is 24.4 Å². The zero-order valence-corrected chi connectivity index (χ0v) is 11.6. The van der Waals surface area contributed by atoms with Crippen molar-refractivity contribution in [3.05, 3.63) is 11.6 Å². The number of carbonyl (C=O) groups is 1. The lowest BCUT2D eigenvalue weighted by molar-refractivity contribution is -0.127. The van der Waals surface area contributed by atoms with Gasteiger partial charge in [0.2, 0.25) is 5.91 Å². The van der Waals surface area contributed by atoms with Gasteiger partial charge in [-0.1, -0.05) is 18.6 Å². The topological polar surface area (TPSA) is 20.3 Å². The first-order chi connectivity index (χ1) is 7.99. The van der Waals surface area contributed by atoms with Crippen molar-refractivity contribution in [2.24, 2.45) is 23.7 Å². The lowest BCUT2D eigenvalue weighted by Crippen LogP contribution is -2.27. The molecule has 2 aliphatic carbocycles. The van der Waals surface area contributed by atoms with Crippen molar-refractivity contribution in [3.8, 4) is 0 Å². The molecule has 0 radical (unpaired) electrons. The number of amides is 1. The van der Waals surface area contributed by atoms with Crippen LogP contribution in [0.1, 0.15) is 40.0 Å². The van der Waals surface area contributed by atoms with E-state index in [2.05, 4.69) is 19.9 Å². The Bertz CT molecular complexity index is 334. The first kappa shape index (κ1) is 12.7. The molecule has 0 heterocycles. The van der Waals surface area contributed by atoms with E-state index >= 15 is 0 Å². The summed E-state index contributed by atoms with van der Waals surface area (Å²) in [5, 5.41) is 0. The summed E-state index contributed by atoms with van der Waals surface area (Å²) in [5.41, 5.74) is 1.56. The van der Waals surface area contributed by atoms with Gasteiger partial charge in [-0.05, 0) is 49.9 Å². The van der Waals surface area contributed by atoms with Crippen molar-refractivity contribution in [1.29, 1.82) is 0 Å². The van der Waals surface area contributed by atoms with Crippen LogP contribution in [0.2, 0.25) is 0 Å². The molecule has 2 rings (SSSR count). The molecule has 17 heavy (non-hydrogen) atoms. The average molecular weight is 235 g/mol. The normalized spacial score (nSPS) is 36.4. The van der Waals surface area contributed by atoms with Gasteiger partial charge in [-0.25, -0.2) is 0 Å². The largest absolute Gasteiger partial charge is 0.346 e. The van der Waals surface area contributed by atoms with Crippen LogP contribution in [0.5, 0.6) is 0 Å². The van der Waals surface area contributed by atoms with Gasteiger partial charge >= 0.3 is 0 Å². The second-order valence-electron chi connectivity index (χ2n) is 6.13. The van der Waals surface area contributed by atoms with E-state index in [-0.39, 0.29) is 5.91 Å². The third kappa shape index (κ3) is 2.91. The summed E-state index contributed by atoms with van der Waals surface area (Å²) in [6.45, 7) is 7.23. The predicted octanol–water partition coefficient (Wildman–Crippen LogP) is 3.09. The van der Waals surface area contributed by atoms with Crippen LogP contribution in [0, 0.1) is 23.7 Å². The molecule has 2 heteroatoms. The molecule has 0 aromatic rings. The monoisotopic (exact) mass is 235 g/mol. The van der Waals surface area contributed by atoms with Crippen molar-refractivity contribution in [2.75, 3.05) is 13.6 Å². The second kappa shape index (κ2) is 4.83. The van der Waals surface area contributed by atoms with E-state index in [1.807, 2.05) is 11.9 Å². The summed E-state index contributed by atoms with van der Waals surface area (Å²) in [4.78, 5) is 13.1. The highest BCUT2D eigenvalue weighted by Crippen LogP contribution is 2.50. The molecule has 2 nitrogen and oxygen atoms in total. The quantitative estimate of drug-likeness (QED) is 0.688. The SMILES string of the molecule is CC(=O)N(C)CC1CC1C1CCC(C)=CC1C. The molecule has 0 spiro atoms. The summed E-state index contributed by atoms with van der Waals surface area (Å²) >= 11 is 0. The second-order valence-corrected chi connectivity index (χ2v) is 6.13. The van der Waals surface area contributed by atoms with Crippen molar-refractivity contribution in [1.82, 2.24) is 4.90 Å². The highest BCUT2D eigenvalue weighted by Gasteiger charge is 2.45. The molecule has 4 unspecified atom stereocenters. The standard InChI is InChI=1S/C15H25NO/c1-10-5-6-14(11(2)7-10)15-8-13(15)9-16(4)12(3)17/h7,11,13-15H,5-6,8-9H2,1-4H3. The van der Waals surface area contributed by atoms with Gasteiger partial charge in [-0.3, -0.25) is 4.79 Å². The van der Waals surface area contributed by atoms with Gasteiger partial charge in [0.1, 0.15) is 0 Å². The number of allylic oxidation sites excluding steroid dienone is 2. The minimum absolute atomic E-state index is 0.197. The third-order valence-electron chi connectivity index (χ3n) is 4.67. The van der Waals surface area contributed by atoms with Crippen LogP contribution in [0.25, 0.3) is 0 Å². The Hall–Kier alpha value is -0.790. The van der Waals surface area contributed by atoms with E-state index in [9.17, 15) is 4.79 Å². The minimum atomic E-state index is 0.197. The van der Waals surface area contributed by atoms with Crippen molar-refractivity contribution in [2.45, 2.75) is 40.0 Å². The van der Waals surface area contributed by atoms with Crippen LogP contribution in [0.3, 0.4) is 0 Å². The highest BCUT2D eigenvalue weighted by atomic mass is 16.2. The van der Waals surface area contributed by atoms with Crippen LogP contribution in [0.15, 0.2) is 11.6 Å². The van der Waals surface area contributed by atoms with E-state index in [4.69, 9.17) is 0 Å². The van der Waals surface area contributed by atoms with Crippen molar-refractivity contribution < 1.29 is 4.79 Å². The summed E-state index contributed by atoms with van der Waals surface area (Å²) in [5.74, 6) is 3.44. The maximum absolute atomic E-state index is 11.2. The molecule has 4 atom stereocenters. The number of hydrogen-bond donors (Lipinski definition) is 0. The van der Waals surface area contributed by atoms with Gasteiger partial charge in [0.05, 0.1) is 0 Å². The predicted molar refractivity (Wildman–Crippen MR) is 70.6 cm³/mol. The lowest BCUT2D eigenvalue weighted by Gasteiger charge is -2.27. The molecule has 0 aromatic carbocycles. The van der Waals surface area contributed by atoms with E-state index in [1.165, 1.54) is 19.3 Å². The molecule has 0 saturated heterocycles. The average Bonchev–Trinajstić information content (AvgIpc) is 2.96. The molecule has 1 amide bonds. The van der Waals surface area contributed by atoms with E-state index in [0.29, 0.717) is 0 Å². The molecule has 0 N–H and O–H groups in total. The third-order valence-corrected chi connectivity index (χ3v) is 4.67. The molecule has 1 saturated carbocycles. The van der Waals surface area contributed by atoms with Gasteiger partial charge in [0.15, 0.2) is 0 Å². The first-order valence-electron chi connectivity index (χ1n) is 6.88. The Balaban J connectivity index is 1.85. The first-order valence-corrected chi connectivity index (χ1v) is 6.88. The zero-order valence-electron chi connectivity index (χ0n) is 11.6. The van der Waals surface area contributed by atoms with Crippen molar-refractivity contribution in [3.63, 3.8) is 0 Å². The Kier molecular flexibility index (Phi) is 3.60. The molecule has 0 bridgehead atoms. The lowest BCUT2D eigenvalue weighted by atomic mass is 9.78. The maximum Gasteiger partial charge on any atom is 0.219 e. The Morgan fingerprint density at radius 3 is 2.76 bits per heavy atom. The van der Waals surface area contributed by atoms with Crippen LogP contribution >= 0.6 is 0 Å². The summed E-state index contributed by atoms with van der Waals surface area (Å²) < 4.78 is 0. The zero-order chi connectivity index (χ0) is 12.6. The summed E-state index contributed by atoms with van der Waals surface area (Å²) in [7, 11) is 1.92. The summed E-state index contributed by atoms with van der Waals surface area (Å²) in [6, 6.07) is 0. The van der Waals surface area contributed by atoms with Gasteiger partial charge in [-0.2, -0.15) is 0 Å². The minimum Gasteiger partial charge on any atom is -0.346 e. The molecule has 1 fully saturated rings. The number of nitrogens with zero attached hydrogens (tertiary/aromatic N) is 1. The number of rotatable bonds is 3. The number of hydrogen-bond acceptors (Lipinski definition) is 1. The van der Waals surface area contributed by atoms with E-state index in [1.54, 1.807) is 12.5 Å². The Morgan fingerprint density at radius 1 is 1.47 bits per heavy atom. The van der Waals surface area contributed by atoms with Crippen molar-refractivity contribution >= 4 is 5.91 Å². The fraction of sp³-hybridized carbons (Fsp3) is 0.800. The fourth-order valence-corrected chi connectivity index (χ4v) is 3.40. The smallest absolute Gasteiger partial charge is 0.219 e. The van der Waals surface area contributed by atoms with Crippen LogP contribution in [0.4, 0.5) is 0 Å². The van der Waals surface area contributed by atoms with Gasteiger partial charge in [0, 0.05) is 20.5 Å². The molecular formula is C15H25NO. The van der Waals surface area contributed by atoms with Gasteiger partial charge in [-0.15, -0.1) is 0 Å². The molecule has 0 aromatic heterocycles. The summed E-state index contributed by atoms with van der Waals surface area (Å²) in [6.07, 6.45) is 6.42. The highest BCUT2D eigenvalue weighted by molar-refractivity contribution is 5.72. The Labute approximate surface area is 105 Å². The molecule has 2 aliphatic rings.